The second-order valence-corrected chi connectivity index (χ2v) is 5.05. The zero-order chi connectivity index (χ0) is 12.4. The minimum absolute atomic E-state index is 0.402. The number of H-pyrrole nitrogens is 1. The molecule has 1 heterocycles. The molecule has 0 saturated carbocycles. The van der Waals surface area contributed by atoms with E-state index in [1.165, 1.54) is 0 Å². The second-order valence-electron chi connectivity index (χ2n) is 5.05. The first-order valence-electron chi connectivity index (χ1n) is 6.42. The van der Waals surface area contributed by atoms with Crippen molar-refractivity contribution in [1.29, 1.82) is 0 Å². The van der Waals surface area contributed by atoms with E-state index >= 15 is 0 Å². The monoisotopic (exact) mass is 236 g/mol. The summed E-state index contributed by atoms with van der Waals surface area (Å²) in [7, 11) is 0. The molecule has 2 unspecified atom stereocenters. The van der Waals surface area contributed by atoms with Gasteiger partial charge in [0.15, 0.2) is 0 Å². The lowest BCUT2D eigenvalue weighted by molar-refractivity contribution is -0.139. The molecular weight excluding hydrogens is 216 g/mol. The molecule has 0 aromatic carbocycles. The van der Waals surface area contributed by atoms with Gasteiger partial charge in [0, 0.05) is 12.1 Å². The van der Waals surface area contributed by atoms with Crippen LogP contribution in [0.3, 0.4) is 0 Å². The smallest absolute Gasteiger partial charge is 0.312 e. The van der Waals surface area contributed by atoms with Gasteiger partial charge in [0.2, 0.25) is 0 Å². The van der Waals surface area contributed by atoms with Crippen LogP contribution in [0.15, 0.2) is 0 Å². The standard InChI is InChI=1S/C13H20N2O2/c1-3-8(2)7-11-14-10-6-4-5-9(13(16)17)12(10)15-11/h8-9H,3-7H2,1-2H3,(H,14,15)(H,16,17). The number of aromatic amines is 1. The summed E-state index contributed by atoms with van der Waals surface area (Å²) in [4.78, 5) is 19.0. The largest absolute Gasteiger partial charge is 0.481 e. The molecular formula is C13H20N2O2. The topological polar surface area (TPSA) is 66.0 Å². The molecule has 2 atom stereocenters. The molecule has 0 amide bonds. The maximum Gasteiger partial charge on any atom is 0.312 e. The molecule has 94 valence electrons. The Balaban J connectivity index is 2.21. The molecule has 1 aromatic heterocycles. The molecule has 0 spiro atoms. The van der Waals surface area contributed by atoms with Crippen molar-refractivity contribution >= 4 is 5.97 Å². The molecule has 1 aliphatic carbocycles. The summed E-state index contributed by atoms with van der Waals surface area (Å²) in [5.74, 6) is 0.400. The van der Waals surface area contributed by atoms with Crippen LogP contribution in [-0.4, -0.2) is 21.0 Å². The lowest BCUT2D eigenvalue weighted by atomic mass is 9.90. The van der Waals surface area contributed by atoms with Gasteiger partial charge in [-0.1, -0.05) is 20.3 Å². The molecule has 17 heavy (non-hydrogen) atoms. The Morgan fingerprint density at radius 3 is 3.06 bits per heavy atom. The fraction of sp³-hybridized carbons (Fsp3) is 0.692. The average molecular weight is 236 g/mol. The number of carbonyl (C=O) groups is 1. The van der Waals surface area contributed by atoms with Gasteiger partial charge in [0.05, 0.1) is 5.69 Å². The number of nitrogens with one attached hydrogen (secondary N) is 1. The van der Waals surface area contributed by atoms with Crippen LogP contribution < -0.4 is 0 Å². The highest BCUT2D eigenvalue weighted by atomic mass is 16.4. The van der Waals surface area contributed by atoms with Gasteiger partial charge in [-0.2, -0.15) is 0 Å². The fourth-order valence-corrected chi connectivity index (χ4v) is 2.39. The van der Waals surface area contributed by atoms with Crippen molar-refractivity contribution in [2.75, 3.05) is 0 Å². The number of hydrogen-bond acceptors (Lipinski definition) is 2. The maximum atomic E-state index is 11.2. The van der Waals surface area contributed by atoms with E-state index in [-0.39, 0.29) is 0 Å². The fourth-order valence-electron chi connectivity index (χ4n) is 2.39. The van der Waals surface area contributed by atoms with E-state index in [2.05, 4.69) is 23.8 Å². The zero-order valence-electron chi connectivity index (χ0n) is 10.5. The molecule has 0 radical (unpaired) electrons. The van der Waals surface area contributed by atoms with Gasteiger partial charge in [-0.25, -0.2) is 4.98 Å². The average Bonchev–Trinajstić information content (AvgIpc) is 2.70. The Kier molecular flexibility index (Phi) is 3.50. The molecule has 4 nitrogen and oxygen atoms in total. The number of nitrogens with zero attached hydrogens (tertiary/aromatic N) is 1. The minimum Gasteiger partial charge on any atom is -0.481 e. The third kappa shape index (κ3) is 2.51. The summed E-state index contributed by atoms with van der Waals surface area (Å²) in [6.45, 7) is 4.35. The van der Waals surface area contributed by atoms with Crippen molar-refractivity contribution in [1.82, 2.24) is 9.97 Å². The van der Waals surface area contributed by atoms with Crippen molar-refractivity contribution in [3.8, 4) is 0 Å². The van der Waals surface area contributed by atoms with E-state index in [9.17, 15) is 4.79 Å². The van der Waals surface area contributed by atoms with Crippen molar-refractivity contribution < 1.29 is 9.90 Å². The minimum atomic E-state index is -0.743. The van der Waals surface area contributed by atoms with Gasteiger partial charge >= 0.3 is 5.97 Å². The molecule has 0 saturated heterocycles. The number of aryl methyl sites for hydroxylation is 1. The number of aliphatic carboxylic acids is 1. The summed E-state index contributed by atoms with van der Waals surface area (Å²) in [6, 6.07) is 0. The summed E-state index contributed by atoms with van der Waals surface area (Å²) in [5, 5.41) is 9.17. The van der Waals surface area contributed by atoms with E-state index in [1.807, 2.05) is 0 Å². The predicted octanol–water partition coefficient (Wildman–Crippen LogP) is 2.50. The van der Waals surface area contributed by atoms with Crippen LogP contribution in [0.5, 0.6) is 0 Å². The van der Waals surface area contributed by atoms with Gasteiger partial charge < -0.3 is 10.1 Å². The number of rotatable bonds is 4. The Morgan fingerprint density at radius 2 is 2.41 bits per heavy atom. The first-order valence-corrected chi connectivity index (χ1v) is 6.42. The molecule has 1 aliphatic rings. The van der Waals surface area contributed by atoms with E-state index in [1.54, 1.807) is 0 Å². The summed E-state index contributed by atoms with van der Waals surface area (Å²) in [6.07, 6.45) is 4.63. The zero-order valence-corrected chi connectivity index (χ0v) is 10.5. The van der Waals surface area contributed by atoms with Crippen molar-refractivity contribution in [2.45, 2.75) is 51.9 Å². The Bertz CT molecular complexity index is 412. The van der Waals surface area contributed by atoms with E-state index in [4.69, 9.17) is 5.11 Å². The van der Waals surface area contributed by atoms with Crippen LogP contribution >= 0.6 is 0 Å². The van der Waals surface area contributed by atoms with Gasteiger partial charge in [-0.15, -0.1) is 0 Å². The van der Waals surface area contributed by atoms with Crippen LogP contribution in [0.25, 0.3) is 0 Å². The van der Waals surface area contributed by atoms with Crippen LogP contribution in [0, 0.1) is 5.92 Å². The van der Waals surface area contributed by atoms with Crippen molar-refractivity contribution in [3.05, 3.63) is 17.2 Å². The Morgan fingerprint density at radius 1 is 1.65 bits per heavy atom. The van der Waals surface area contributed by atoms with E-state index in [0.717, 1.165) is 49.3 Å². The van der Waals surface area contributed by atoms with Crippen molar-refractivity contribution in [3.63, 3.8) is 0 Å². The number of aromatic nitrogens is 2. The van der Waals surface area contributed by atoms with Gasteiger partial charge in [0.25, 0.3) is 0 Å². The van der Waals surface area contributed by atoms with Crippen LogP contribution in [0.4, 0.5) is 0 Å². The molecule has 4 heteroatoms. The van der Waals surface area contributed by atoms with Crippen molar-refractivity contribution in [2.24, 2.45) is 5.92 Å². The maximum absolute atomic E-state index is 11.2. The highest BCUT2D eigenvalue weighted by Gasteiger charge is 2.29. The summed E-state index contributed by atoms with van der Waals surface area (Å²) in [5.41, 5.74) is 1.82. The molecule has 0 aliphatic heterocycles. The predicted molar refractivity (Wildman–Crippen MR) is 65.1 cm³/mol. The lowest BCUT2D eigenvalue weighted by Gasteiger charge is -2.16. The Labute approximate surface area is 101 Å². The molecule has 2 rings (SSSR count). The third-order valence-corrected chi connectivity index (χ3v) is 3.65. The van der Waals surface area contributed by atoms with E-state index < -0.39 is 11.9 Å². The number of carboxylic acid groups (broad SMARTS) is 1. The number of hydrogen-bond donors (Lipinski definition) is 2. The normalized spacial score (nSPS) is 20.9. The van der Waals surface area contributed by atoms with Gasteiger partial charge in [0.1, 0.15) is 11.7 Å². The lowest BCUT2D eigenvalue weighted by Crippen LogP contribution is -2.17. The number of imidazole rings is 1. The molecule has 2 N–H and O–H groups in total. The SMILES string of the molecule is CCC(C)Cc1nc2c([nH]1)CCCC2C(=O)O. The quantitative estimate of drug-likeness (QED) is 0.844. The van der Waals surface area contributed by atoms with Crippen LogP contribution in [-0.2, 0) is 17.6 Å². The van der Waals surface area contributed by atoms with Crippen LogP contribution in [0.1, 0.15) is 56.2 Å². The molecule has 0 fully saturated rings. The number of carboxylic acids is 1. The molecule has 0 bridgehead atoms. The van der Waals surface area contributed by atoms with Gasteiger partial charge in [-0.3, -0.25) is 4.79 Å². The highest BCUT2D eigenvalue weighted by Crippen LogP contribution is 2.30. The summed E-state index contributed by atoms with van der Waals surface area (Å²) < 4.78 is 0. The highest BCUT2D eigenvalue weighted by molar-refractivity contribution is 5.76. The Hall–Kier alpha value is -1.32. The first kappa shape index (κ1) is 12.1. The third-order valence-electron chi connectivity index (χ3n) is 3.65. The second kappa shape index (κ2) is 4.90. The van der Waals surface area contributed by atoms with Gasteiger partial charge in [-0.05, 0) is 25.2 Å². The molecule has 1 aromatic rings. The number of fused-ring (bicyclic) bond motifs is 1. The first-order chi connectivity index (χ1) is 8.11. The van der Waals surface area contributed by atoms with E-state index in [0.29, 0.717) is 5.92 Å². The van der Waals surface area contributed by atoms with Crippen LogP contribution in [0.2, 0.25) is 0 Å². The summed E-state index contributed by atoms with van der Waals surface area (Å²) >= 11 is 0.